The van der Waals surface area contributed by atoms with Crippen LogP contribution in [-0.2, 0) is 0 Å². The van der Waals surface area contributed by atoms with E-state index in [1.165, 1.54) is 12.1 Å². The first kappa shape index (κ1) is 14.9. The zero-order valence-electron chi connectivity index (χ0n) is 12.2. The highest BCUT2D eigenvalue weighted by atomic mass is 19.1. The summed E-state index contributed by atoms with van der Waals surface area (Å²) in [5.74, 6) is -0.107. The van der Waals surface area contributed by atoms with Gasteiger partial charge < -0.3 is 10.4 Å². The van der Waals surface area contributed by atoms with E-state index in [0.29, 0.717) is 16.8 Å². The van der Waals surface area contributed by atoms with Crippen molar-refractivity contribution < 1.29 is 9.50 Å². The molecule has 0 heterocycles. The van der Waals surface area contributed by atoms with Crippen molar-refractivity contribution in [2.24, 2.45) is 0 Å². The fraction of sp³-hybridized carbons (Fsp3) is 0.235. The topological polar surface area (TPSA) is 56.0 Å². The third-order valence-electron chi connectivity index (χ3n) is 3.33. The van der Waals surface area contributed by atoms with E-state index in [9.17, 15) is 14.8 Å². The zero-order valence-corrected chi connectivity index (χ0v) is 12.2. The summed E-state index contributed by atoms with van der Waals surface area (Å²) in [5.41, 5.74) is 3.51. The Morgan fingerprint density at radius 2 is 1.71 bits per heavy atom. The number of benzene rings is 2. The summed E-state index contributed by atoms with van der Waals surface area (Å²) in [6, 6.07) is 9.65. The molecule has 0 fully saturated rings. The highest BCUT2D eigenvalue weighted by molar-refractivity contribution is 5.52. The van der Waals surface area contributed by atoms with Gasteiger partial charge in [-0.25, -0.2) is 4.39 Å². The van der Waals surface area contributed by atoms with Crippen LogP contribution in [0, 0.1) is 37.9 Å². The average molecular weight is 284 g/mol. The highest BCUT2D eigenvalue weighted by Gasteiger charge is 2.14. The van der Waals surface area contributed by atoms with E-state index in [0.717, 1.165) is 11.1 Å². The van der Waals surface area contributed by atoms with Gasteiger partial charge in [-0.15, -0.1) is 0 Å². The predicted molar refractivity (Wildman–Crippen MR) is 80.7 cm³/mol. The van der Waals surface area contributed by atoms with Crippen molar-refractivity contribution in [3.63, 3.8) is 0 Å². The van der Waals surface area contributed by atoms with Crippen LogP contribution in [0.25, 0.3) is 0 Å². The molecule has 0 radical (unpaired) electrons. The van der Waals surface area contributed by atoms with Crippen LogP contribution in [0.5, 0.6) is 5.75 Å². The molecule has 21 heavy (non-hydrogen) atoms. The number of hydrogen-bond donors (Lipinski definition) is 2. The van der Waals surface area contributed by atoms with Crippen LogP contribution in [0.2, 0.25) is 0 Å². The van der Waals surface area contributed by atoms with Gasteiger partial charge in [-0.1, -0.05) is 0 Å². The Kier molecular flexibility index (Phi) is 4.13. The molecule has 1 atom stereocenters. The molecule has 2 aromatic carbocycles. The van der Waals surface area contributed by atoms with Gasteiger partial charge in [0, 0.05) is 5.69 Å². The molecule has 0 bridgehead atoms. The minimum Gasteiger partial charge on any atom is -0.507 e. The second-order valence-corrected chi connectivity index (χ2v) is 5.23. The van der Waals surface area contributed by atoms with Gasteiger partial charge >= 0.3 is 0 Å². The monoisotopic (exact) mass is 284 g/mol. The molecule has 0 aromatic heterocycles. The van der Waals surface area contributed by atoms with Gasteiger partial charge in [0.05, 0.1) is 6.07 Å². The quantitative estimate of drug-likeness (QED) is 0.890. The maximum absolute atomic E-state index is 13.4. The van der Waals surface area contributed by atoms with Gasteiger partial charge in [0.15, 0.2) is 0 Å². The Balaban J connectivity index is 2.35. The van der Waals surface area contributed by atoms with Crippen LogP contribution in [0.1, 0.15) is 28.3 Å². The molecule has 2 N–H and O–H groups in total. The number of halogens is 1. The summed E-state index contributed by atoms with van der Waals surface area (Å²) in [5, 5.41) is 22.2. The first-order valence-electron chi connectivity index (χ1n) is 6.64. The van der Waals surface area contributed by atoms with Gasteiger partial charge in [-0.05, 0) is 73.4 Å². The van der Waals surface area contributed by atoms with Gasteiger partial charge in [-0.2, -0.15) is 5.26 Å². The third-order valence-corrected chi connectivity index (χ3v) is 3.33. The van der Waals surface area contributed by atoms with E-state index < -0.39 is 6.04 Å². The van der Waals surface area contributed by atoms with Crippen molar-refractivity contribution in [1.82, 2.24) is 0 Å². The van der Waals surface area contributed by atoms with Gasteiger partial charge in [0.2, 0.25) is 0 Å². The molecule has 0 spiro atoms. The van der Waals surface area contributed by atoms with Gasteiger partial charge in [0.25, 0.3) is 0 Å². The minimum absolute atomic E-state index is 0.233. The molecule has 2 rings (SSSR count). The normalized spacial score (nSPS) is 11.8. The van der Waals surface area contributed by atoms with Crippen molar-refractivity contribution in [2.75, 3.05) is 5.32 Å². The average Bonchev–Trinajstić information content (AvgIpc) is 2.40. The number of aromatic hydroxyl groups is 1. The Morgan fingerprint density at radius 3 is 2.24 bits per heavy atom. The first-order valence-corrected chi connectivity index (χ1v) is 6.64. The van der Waals surface area contributed by atoms with Crippen LogP contribution < -0.4 is 5.32 Å². The van der Waals surface area contributed by atoms with E-state index in [-0.39, 0.29) is 11.6 Å². The molecule has 0 aliphatic heterocycles. The number of nitrogens with one attached hydrogen (secondary N) is 1. The maximum atomic E-state index is 13.4. The molecule has 0 amide bonds. The van der Waals surface area contributed by atoms with Crippen LogP contribution >= 0.6 is 0 Å². The standard InChI is InChI=1S/C17H17FN2O/c1-10-4-14(18)8-15(5-10)20-16(9-19)13-6-11(2)17(21)12(3)7-13/h4-8,16,20-21H,1-3H3. The first-order chi connectivity index (χ1) is 9.90. The molecular formula is C17H17FN2O. The molecule has 0 aliphatic rings. The highest BCUT2D eigenvalue weighted by Crippen LogP contribution is 2.28. The van der Waals surface area contributed by atoms with Crippen molar-refractivity contribution in [1.29, 1.82) is 5.26 Å². The Bertz CT molecular complexity index is 676. The van der Waals surface area contributed by atoms with Crippen LogP contribution in [0.4, 0.5) is 10.1 Å². The van der Waals surface area contributed by atoms with Gasteiger partial charge in [0.1, 0.15) is 17.6 Å². The SMILES string of the molecule is Cc1cc(F)cc(NC(C#N)c2cc(C)c(O)c(C)c2)c1. The lowest BCUT2D eigenvalue weighted by molar-refractivity contribution is 0.466. The lowest BCUT2D eigenvalue weighted by atomic mass is 10.0. The maximum Gasteiger partial charge on any atom is 0.140 e. The molecule has 0 aliphatic carbocycles. The van der Waals surface area contributed by atoms with Crippen LogP contribution in [0.15, 0.2) is 30.3 Å². The lowest BCUT2D eigenvalue weighted by Crippen LogP contribution is -2.09. The minimum atomic E-state index is -0.607. The number of hydrogen-bond acceptors (Lipinski definition) is 3. The van der Waals surface area contributed by atoms with Crippen molar-refractivity contribution in [3.8, 4) is 11.8 Å². The second kappa shape index (κ2) is 5.84. The number of phenols is 1. The second-order valence-electron chi connectivity index (χ2n) is 5.23. The van der Waals surface area contributed by atoms with E-state index in [2.05, 4.69) is 11.4 Å². The van der Waals surface area contributed by atoms with E-state index in [4.69, 9.17) is 0 Å². The predicted octanol–water partition coefficient (Wildman–Crippen LogP) is 4.13. The van der Waals surface area contributed by atoms with Crippen molar-refractivity contribution in [2.45, 2.75) is 26.8 Å². The number of nitriles is 1. The number of rotatable bonds is 3. The molecular weight excluding hydrogens is 267 g/mol. The smallest absolute Gasteiger partial charge is 0.140 e. The summed E-state index contributed by atoms with van der Waals surface area (Å²) >= 11 is 0. The number of aryl methyl sites for hydroxylation is 3. The van der Waals surface area contributed by atoms with Crippen LogP contribution in [-0.4, -0.2) is 5.11 Å². The Morgan fingerprint density at radius 1 is 1.10 bits per heavy atom. The molecule has 0 saturated heterocycles. The molecule has 3 nitrogen and oxygen atoms in total. The summed E-state index contributed by atoms with van der Waals surface area (Å²) in [6.45, 7) is 5.36. The van der Waals surface area contributed by atoms with Gasteiger partial charge in [-0.3, -0.25) is 0 Å². The molecule has 4 heteroatoms. The molecule has 1 unspecified atom stereocenters. The van der Waals surface area contributed by atoms with E-state index in [1.807, 2.05) is 0 Å². The Hall–Kier alpha value is -2.54. The number of anilines is 1. The number of nitrogens with zero attached hydrogens (tertiary/aromatic N) is 1. The summed E-state index contributed by atoms with van der Waals surface area (Å²) in [6.07, 6.45) is 0. The summed E-state index contributed by atoms with van der Waals surface area (Å²) in [4.78, 5) is 0. The fourth-order valence-corrected chi connectivity index (χ4v) is 2.33. The summed E-state index contributed by atoms with van der Waals surface area (Å²) in [7, 11) is 0. The Labute approximate surface area is 123 Å². The fourth-order valence-electron chi connectivity index (χ4n) is 2.33. The van der Waals surface area contributed by atoms with Crippen LogP contribution in [0.3, 0.4) is 0 Å². The largest absolute Gasteiger partial charge is 0.507 e. The molecule has 108 valence electrons. The molecule has 0 saturated carbocycles. The van der Waals surface area contributed by atoms with E-state index >= 15 is 0 Å². The zero-order chi connectivity index (χ0) is 15.6. The lowest BCUT2D eigenvalue weighted by Gasteiger charge is -2.16. The van der Waals surface area contributed by atoms with Crippen molar-refractivity contribution >= 4 is 5.69 Å². The summed E-state index contributed by atoms with van der Waals surface area (Å²) < 4.78 is 13.4. The molecule has 2 aromatic rings. The third kappa shape index (κ3) is 3.32. The van der Waals surface area contributed by atoms with E-state index in [1.54, 1.807) is 39.0 Å². The number of phenolic OH excluding ortho intramolecular Hbond substituents is 1. The van der Waals surface area contributed by atoms with Crippen molar-refractivity contribution in [3.05, 3.63) is 58.4 Å².